The van der Waals surface area contributed by atoms with Crippen LogP contribution in [0.5, 0.6) is 11.5 Å². The van der Waals surface area contributed by atoms with Crippen molar-refractivity contribution in [1.82, 2.24) is 9.13 Å². The van der Waals surface area contributed by atoms with Gasteiger partial charge in [0.25, 0.3) is 5.56 Å². The van der Waals surface area contributed by atoms with E-state index < -0.39 is 11.6 Å². The van der Waals surface area contributed by atoms with Crippen molar-refractivity contribution in [2.24, 2.45) is 0 Å². The van der Waals surface area contributed by atoms with E-state index in [9.17, 15) is 14.4 Å². The van der Waals surface area contributed by atoms with E-state index in [1.807, 2.05) is 30.3 Å². The predicted octanol–water partition coefficient (Wildman–Crippen LogP) is 3.06. The number of methoxy groups -OCH3 is 2. The van der Waals surface area contributed by atoms with Crippen molar-refractivity contribution in [2.75, 3.05) is 19.5 Å². The summed E-state index contributed by atoms with van der Waals surface area (Å²) in [6.45, 7) is -0.0663. The maximum Gasteiger partial charge on any atom is 0.331 e. The third kappa shape index (κ3) is 4.71. The molecule has 0 saturated heterocycles. The number of nitrogens with one attached hydrogen (secondary N) is 1. The molecule has 0 spiro atoms. The number of amides is 1. The second-order valence-electron chi connectivity index (χ2n) is 7.69. The molecule has 8 heteroatoms. The second-order valence-corrected chi connectivity index (χ2v) is 7.69. The lowest BCUT2D eigenvalue weighted by Crippen LogP contribution is -2.42. The SMILES string of the molecule is COc1ccc(OC)c(NC(=O)Cn2c(=O)n(CCc3ccccc3)c(=O)c3ccccc32)c1. The molecular formula is C26H25N3O5. The number of aromatic nitrogens is 2. The minimum absolute atomic E-state index is 0.206. The van der Waals surface area contributed by atoms with Gasteiger partial charge in [-0.25, -0.2) is 4.79 Å². The molecule has 0 aliphatic heterocycles. The highest BCUT2D eigenvalue weighted by Gasteiger charge is 2.16. The maximum absolute atomic E-state index is 13.3. The quantitative estimate of drug-likeness (QED) is 0.437. The average molecular weight is 460 g/mol. The summed E-state index contributed by atoms with van der Waals surface area (Å²) in [5.74, 6) is 0.569. The van der Waals surface area contributed by atoms with Crippen molar-refractivity contribution in [3.63, 3.8) is 0 Å². The fourth-order valence-electron chi connectivity index (χ4n) is 3.85. The number of hydrogen-bond donors (Lipinski definition) is 1. The Labute approximate surface area is 196 Å². The lowest BCUT2D eigenvalue weighted by molar-refractivity contribution is -0.116. The molecule has 0 radical (unpaired) electrons. The molecule has 1 heterocycles. The van der Waals surface area contributed by atoms with Gasteiger partial charge in [-0.3, -0.25) is 18.7 Å². The van der Waals surface area contributed by atoms with Crippen molar-refractivity contribution < 1.29 is 14.3 Å². The van der Waals surface area contributed by atoms with E-state index in [2.05, 4.69) is 5.32 Å². The van der Waals surface area contributed by atoms with Gasteiger partial charge in [-0.15, -0.1) is 0 Å². The van der Waals surface area contributed by atoms with Crippen LogP contribution in [0.4, 0.5) is 5.69 Å². The third-order valence-corrected chi connectivity index (χ3v) is 5.58. The molecule has 0 unspecified atom stereocenters. The number of fused-ring (bicyclic) bond motifs is 1. The Hall–Kier alpha value is -4.33. The smallest absolute Gasteiger partial charge is 0.331 e. The summed E-state index contributed by atoms with van der Waals surface area (Å²) in [7, 11) is 3.02. The van der Waals surface area contributed by atoms with E-state index in [1.165, 1.54) is 23.4 Å². The first-order valence-electron chi connectivity index (χ1n) is 10.8. The van der Waals surface area contributed by atoms with Crippen LogP contribution in [0, 0.1) is 0 Å². The van der Waals surface area contributed by atoms with Crippen molar-refractivity contribution in [3.05, 3.63) is 99.2 Å². The average Bonchev–Trinajstić information content (AvgIpc) is 2.87. The van der Waals surface area contributed by atoms with E-state index in [0.29, 0.717) is 34.5 Å². The van der Waals surface area contributed by atoms with E-state index >= 15 is 0 Å². The normalized spacial score (nSPS) is 10.8. The number of hydrogen-bond acceptors (Lipinski definition) is 5. The molecule has 1 N–H and O–H groups in total. The van der Waals surface area contributed by atoms with Crippen LogP contribution in [0.1, 0.15) is 5.56 Å². The van der Waals surface area contributed by atoms with Crippen LogP contribution >= 0.6 is 0 Å². The molecule has 8 nitrogen and oxygen atoms in total. The number of para-hydroxylation sites is 1. The molecule has 0 fully saturated rings. The van der Waals surface area contributed by atoms with Crippen LogP contribution in [0.2, 0.25) is 0 Å². The van der Waals surface area contributed by atoms with Crippen LogP contribution in [0.25, 0.3) is 10.9 Å². The molecule has 4 rings (SSSR count). The summed E-state index contributed by atoms with van der Waals surface area (Å²) in [6.07, 6.45) is 0.515. The lowest BCUT2D eigenvalue weighted by atomic mass is 10.1. The summed E-state index contributed by atoms with van der Waals surface area (Å²) >= 11 is 0. The topological polar surface area (TPSA) is 91.6 Å². The van der Waals surface area contributed by atoms with Gasteiger partial charge in [-0.05, 0) is 36.2 Å². The molecule has 0 aliphatic carbocycles. The van der Waals surface area contributed by atoms with Crippen molar-refractivity contribution >= 4 is 22.5 Å². The zero-order chi connectivity index (χ0) is 24.1. The van der Waals surface area contributed by atoms with Gasteiger partial charge in [0.15, 0.2) is 0 Å². The highest BCUT2D eigenvalue weighted by molar-refractivity contribution is 5.93. The number of carbonyl (C=O) groups is 1. The number of anilines is 1. The van der Waals surface area contributed by atoms with Crippen LogP contribution in [-0.2, 0) is 24.3 Å². The van der Waals surface area contributed by atoms with E-state index in [4.69, 9.17) is 9.47 Å². The third-order valence-electron chi connectivity index (χ3n) is 5.58. The molecule has 1 aromatic heterocycles. The number of nitrogens with zero attached hydrogens (tertiary/aromatic N) is 2. The Bertz CT molecular complexity index is 1440. The molecular weight excluding hydrogens is 434 g/mol. The fourth-order valence-corrected chi connectivity index (χ4v) is 3.85. The molecule has 0 aliphatic rings. The van der Waals surface area contributed by atoms with Crippen molar-refractivity contribution in [2.45, 2.75) is 19.5 Å². The summed E-state index contributed by atoms with van der Waals surface area (Å²) in [5, 5.41) is 3.15. The van der Waals surface area contributed by atoms with Gasteiger partial charge in [0.2, 0.25) is 5.91 Å². The Kier molecular flexibility index (Phi) is 6.77. The molecule has 0 bridgehead atoms. The first kappa shape index (κ1) is 22.8. The number of rotatable bonds is 8. The van der Waals surface area contributed by atoms with Crippen LogP contribution < -0.4 is 26.0 Å². The van der Waals surface area contributed by atoms with E-state index in [0.717, 1.165) is 5.56 Å². The molecule has 174 valence electrons. The monoisotopic (exact) mass is 459 g/mol. The first-order valence-corrected chi connectivity index (χ1v) is 10.8. The minimum Gasteiger partial charge on any atom is -0.497 e. The number of benzene rings is 3. The Morgan fingerprint density at radius 3 is 2.35 bits per heavy atom. The molecule has 0 saturated carbocycles. The molecule has 1 amide bonds. The van der Waals surface area contributed by atoms with Crippen LogP contribution in [0.3, 0.4) is 0 Å². The highest BCUT2D eigenvalue weighted by atomic mass is 16.5. The van der Waals surface area contributed by atoms with Gasteiger partial charge in [-0.2, -0.15) is 0 Å². The summed E-state index contributed by atoms with van der Waals surface area (Å²) in [4.78, 5) is 39.4. The predicted molar refractivity (Wildman–Crippen MR) is 131 cm³/mol. The zero-order valence-corrected chi connectivity index (χ0v) is 19.0. The Morgan fingerprint density at radius 2 is 1.62 bits per heavy atom. The van der Waals surface area contributed by atoms with Gasteiger partial charge in [0.1, 0.15) is 18.0 Å². The summed E-state index contributed by atoms with van der Waals surface area (Å²) in [5.41, 5.74) is 0.925. The first-order chi connectivity index (χ1) is 16.5. The molecule has 34 heavy (non-hydrogen) atoms. The zero-order valence-electron chi connectivity index (χ0n) is 19.0. The number of ether oxygens (including phenoxy) is 2. The van der Waals surface area contributed by atoms with Crippen LogP contribution in [0.15, 0.2) is 82.4 Å². The summed E-state index contributed by atoms with van der Waals surface area (Å²) in [6, 6.07) is 21.5. The van der Waals surface area contributed by atoms with Gasteiger partial charge in [-0.1, -0.05) is 42.5 Å². The largest absolute Gasteiger partial charge is 0.497 e. The van der Waals surface area contributed by atoms with Crippen molar-refractivity contribution in [3.8, 4) is 11.5 Å². The van der Waals surface area contributed by atoms with Crippen LogP contribution in [-0.4, -0.2) is 29.3 Å². The van der Waals surface area contributed by atoms with Gasteiger partial charge >= 0.3 is 5.69 Å². The molecule has 4 aromatic rings. The minimum atomic E-state index is -0.535. The highest BCUT2D eigenvalue weighted by Crippen LogP contribution is 2.28. The summed E-state index contributed by atoms with van der Waals surface area (Å²) < 4.78 is 13.0. The van der Waals surface area contributed by atoms with Gasteiger partial charge < -0.3 is 14.8 Å². The Morgan fingerprint density at radius 1 is 0.882 bits per heavy atom. The number of aryl methyl sites for hydroxylation is 1. The standard InChI is InChI=1S/C26H25N3O5/c1-33-19-12-13-23(34-2)21(16-19)27-24(30)17-29-22-11-7-6-10-20(22)25(31)28(26(29)32)15-14-18-8-4-3-5-9-18/h3-13,16H,14-15,17H2,1-2H3,(H,27,30). The maximum atomic E-state index is 13.3. The van der Waals surface area contributed by atoms with Gasteiger partial charge in [0.05, 0.1) is 30.8 Å². The number of carbonyl (C=O) groups excluding carboxylic acids is 1. The Balaban J connectivity index is 1.69. The van der Waals surface area contributed by atoms with Crippen molar-refractivity contribution in [1.29, 1.82) is 0 Å². The molecule has 0 atom stereocenters. The van der Waals surface area contributed by atoms with E-state index in [-0.39, 0.29) is 18.6 Å². The second kappa shape index (κ2) is 10.1. The van der Waals surface area contributed by atoms with Gasteiger partial charge in [0, 0.05) is 12.6 Å². The lowest BCUT2D eigenvalue weighted by Gasteiger charge is -2.15. The molecule has 3 aromatic carbocycles. The fraction of sp³-hybridized carbons (Fsp3) is 0.192. The van der Waals surface area contributed by atoms with E-state index in [1.54, 1.807) is 42.5 Å².